The maximum Gasteiger partial charge on any atom is 0.206 e. The van der Waals surface area contributed by atoms with Crippen molar-refractivity contribution in [3.05, 3.63) is 54.1 Å². The van der Waals surface area contributed by atoms with E-state index in [2.05, 4.69) is 10.3 Å². The van der Waals surface area contributed by atoms with Crippen molar-refractivity contribution in [1.82, 2.24) is 9.55 Å². The average Bonchev–Trinajstić information content (AvgIpc) is 3.32. The van der Waals surface area contributed by atoms with E-state index in [1.54, 1.807) is 4.57 Å². The molecule has 0 unspecified atom stereocenters. The third kappa shape index (κ3) is 4.72. The number of imidazole rings is 1. The van der Waals surface area contributed by atoms with Gasteiger partial charge in [0.2, 0.25) is 5.95 Å². The van der Waals surface area contributed by atoms with Gasteiger partial charge in [0.15, 0.2) is 6.23 Å². The van der Waals surface area contributed by atoms with Crippen molar-refractivity contribution < 1.29 is 29.9 Å². The Hall–Kier alpha value is -2.69. The van der Waals surface area contributed by atoms with Crippen molar-refractivity contribution in [3.63, 3.8) is 0 Å². The van der Waals surface area contributed by atoms with Crippen molar-refractivity contribution in [1.29, 1.82) is 0 Å². The molecule has 172 valence electrons. The van der Waals surface area contributed by atoms with Crippen LogP contribution in [-0.4, -0.2) is 68.1 Å². The van der Waals surface area contributed by atoms with E-state index in [0.717, 1.165) is 23.3 Å². The van der Waals surface area contributed by atoms with Crippen LogP contribution in [0.25, 0.3) is 11.0 Å². The topological polar surface area (TPSA) is 129 Å². The maximum absolute atomic E-state index is 10.6. The van der Waals surface area contributed by atoms with Crippen LogP contribution < -0.4 is 10.1 Å². The van der Waals surface area contributed by atoms with Gasteiger partial charge >= 0.3 is 0 Å². The Bertz CT molecular complexity index is 1030. The molecule has 0 aliphatic carbocycles. The number of anilines is 1. The number of hydrogen-bond acceptors (Lipinski definition) is 8. The number of unbranched alkanes of at least 4 members (excludes halogenated alkanes) is 1. The SMILES string of the molecule is OCCCCOc1cccc(CNc2nc3ccccc3n2[C@@H]2O[C@H](CO)[C@@H](O)[C@H]2O)c1. The molecule has 1 fully saturated rings. The summed E-state index contributed by atoms with van der Waals surface area (Å²) >= 11 is 0. The Morgan fingerprint density at radius 1 is 1.03 bits per heavy atom. The molecule has 1 aliphatic rings. The molecular weight excluding hydrogens is 414 g/mol. The van der Waals surface area contributed by atoms with Crippen molar-refractivity contribution in [2.45, 2.75) is 43.9 Å². The first-order chi connectivity index (χ1) is 15.6. The van der Waals surface area contributed by atoms with Gasteiger partial charge in [0.05, 0.1) is 24.2 Å². The van der Waals surface area contributed by atoms with Crippen LogP contribution in [0, 0.1) is 0 Å². The van der Waals surface area contributed by atoms with Gasteiger partial charge < -0.3 is 35.2 Å². The summed E-state index contributed by atoms with van der Waals surface area (Å²) in [6.07, 6.45) is -2.67. The van der Waals surface area contributed by atoms with E-state index in [1.165, 1.54) is 0 Å². The Morgan fingerprint density at radius 3 is 2.66 bits per heavy atom. The molecule has 0 bridgehead atoms. The molecule has 32 heavy (non-hydrogen) atoms. The van der Waals surface area contributed by atoms with E-state index >= 15 is 0 Å². The Kier molecular flexibility index (Phi) is 7.23. The Balaban J connectivity index is 1.54. The van der Waals surface area contributed by atoms with Gasteiger partial charge in [-0.1, -0.05) is 24.3 Å². The van der Waals surface area contributed by atoms with E-state index < -0.39 is 31.1 Å². The highest BCUT2D eigenvalue weighted by Crippen LogP contribution is 2.35. The monoisotopic (exact) mass is 443 g/mol. The highest BCUT2D eigenvalue weighted by atomic mass is 16.6. The summed E-state index contributed by atoms with van der Waals surface area (Å²) < 4.78 is 13.2. The van der Waals surface area contributed by atoms with Crippen LogP contribution in [0.5, 0.6) is 5.75 Å². The quantitative estimate of drug-likeness (QED) is 0.298. The Labute approximate surface area is 185 Å². The lowest BCUT2D eigenvalue weighted by molar-refractivity contribution is -0.0499. The van der Waals surface area contributed by atoms with Crippen LogP contribution in [0.4, 0.5) is 5.95 Å². The molecule has 1 aliphatic heterocycles. The number of para-hydroxylation sites is 2. The molecule has 4 rings (SSSR count). The highest BCUT2D eigenvalue weighted by molar-refractivity contribution is 5.78. The van der Waals surface area contributed by atoms with Crippen molar-refractivity contribution in [3.8, 4) is 5.75 Å². The molecule has 2 heterocycles. The highest BCUT2D eigenvalue weighted by Gasteiger charge is 2.44. The smallest absolute Gasteiger partial charge is 0.206 e. The lowest BCUT2D eigenvalue weighted by Gasteiger charge is -2.20. The molecule has 9 nitrogen and oxygen atoms in total. The maximum atomic E-state index is 10.6. The molecule has 0 amide bonds. The van der Waals surface area contributed by atoms with Gasteiger partial charge in [0.1, 0.15) is 24.1 Å². The van der Waals surface area contributed by atoms with Gasteiger partial charge in [-0.3, -0.25) is 4.57 Å². The van der Waals surface area contributed by atoms with Gasteiger partial charge in [-0.15, -0.1) is 0 Å². The number of aliphatic hydroxyl groups is 4. The first kappa shape index (κ1) is 22.5. The normalized spacial score (nSPS) is 23.0. The molecule has 9 heteroatoms. The fraction of sp³-hybridized carbons (Fsp3) is 0.435. The average molecular weight is 444 g/mol. The van der Waals surface area contributed by atoms with Crippen molar-refractivity contribution in [2.24, 2.45) is 0 Å². The zero-order valence-electron chi connectivity index (χ0n) is 17.7. The molecule has 1 aromatic heterocycles. The molecule has 0 radical (unpaired) electrons. The van der Waals surface area contributed by atoms with Gasteiger partial charge in [0, 0.05) is 13.2 Å². The molecule has 0 saturated carbocycles. The number of ether oxygens (including phenoxy) is 2. The fourth-order valence-corrected chi connectivity index (χ4v) is 3.85. The predicted octanol–water partition coefficient (Wildman–Crippen LogP) is 1.41. The van der Waals surface area contributed by atoms with Gasteiger partial charge in [0.25, 0.3) is 0 Å². The lowest BCUT2D eigenvalue weighted by Crippen LogP contribution is -2.33. The molecule has 2 aromatic carbocycles. The number of hydrogen-bond donors (Lipinski definition) is 5. The van der Waals surface area contributed by atoms with Crippen LogP contribution in [0.2, 0.25) is 0 Å². The van der Waals surface area contributed by atoms with Crippen molar-refractivity contribution in [2.75, 3.05) is 25.1 Å². The number of fused-ring (bicyclic) bond motifs is 1. The molecule has 4 atom stereocenters. The number of rotatable bonds is 10. The zero-order chi connectivity index (χ0) is 22.5. The van der Waals surface area contributed by atoms with Gasteiger partial charge in [-0.05, 0) is 42.7 Å². The Morgan fingerprint density at radius 2 is 1.88 bits per heavy atom. The third-order valence-electron chi connectivity index (χ3n) is 5.54. The summed E-state index contributed by atoms with van der Waals surface area (Å²) in [7, 11) is 0. The van der Waals surface area contributed by atoms with Crippen molar-refractivity contribution >= 4 is 17.0 Å². The second-order valence-corrected chi connectivity index (χ2v) is 7.80. The number of aromatic nitrogens is 2. The van der Waals surface area contributed by atoms with Crippen LogP contribution in [0.3, 0.4) is 0 Å². The molecule has 0 spiro atoms. The minimum Gasteiger partial charge on any atom is -0.494 e. The van der Waals surface area contributed by atoms with E-state index in [9.17, 15) is 15.3 Å². The summed E-state index contributed by atoms with van der Waals surface area (Å²) in [5, 5.41) is 42.4. The minimum atomic E-state index is -1.21. The van der Waals surface area contributed by atoms with Gasteiger partial charge in [-0.25, -0.2) is 4.98 Å². The fourth-order valence-electron chi connectivity index (χ4n) is 3.85. The number of nitrogens with one attached hydrogen (secondary N) is 1. The van der Waals surface area contributed by atoms with E-state index in [4.69, 9.17) is 14.6 Å². The van der Waals surface area contributed by atoms with E-state index in [0.29, 0.717) is 31.0 Å². The first-order valence-corrected chi connectivity index (χ1v) is 10.8. The molecule has 5 N–H and O–H groups in total. The molecule has 3 aromatic rings. The predicted molar refractivity (Wildman–Crippen MR) is 118 cm³/mol. The second kappa shape index (κ2) is 10.3. The number of nitrogens with zero attached hydrogens (tertiary/aromatic N) is 2. The number of aliphatic hydroxyl groups excluding tert-OH is 4. The summed E-state index contributed by atoms with van der Waals surface area (Å²) in [5.74, 6) is 1.23. The minimum absolute atomic E-state index is 0.157. The second-order valence-electron chi connectivity index (χ2n) is 7.80. The third-order valence-corrected chi connectivity index (χ3v) is 5.54. The summed E-state index contributed by atoms with van der Waals surface area (Å²) in [6, 6.07) is 15.2. The lowest BCUT2D eigenvalue weighted by atomic mass is 10.1. The van der Waals surface area contributed by atoms with Crippen LogP contribution in [-0.2, 0) is 11.3 Å². The van der Waals surface area contributed by atoms with E-state index in [1.807, 2.05) is 48.5 Å². The van der Waals surface area contributed by atoms with Crippen LogP contribution >= 0.6 is 0 Å². The van der Waals surface area contributed by atoms with E-state index in [-0.39, 0.29) is 6.61 Å². The van der Waals surface area contributed by atoms with Gasteiger partial charge in [-0.2, -0.15) is 0 Å². The molecular formula is C23H29N3O6. The van der Waals surface area contributed by atoms with Crippen LogP contribution in [0.1, 0.15) is 24.6 Å². The standard InChI is InChI=1S/C23H29N3O6/c27-10-3-4-11-31-16-7-5-6-15(12-16)13-24-23-25-17-8-1-2-9-18(17)26(23)22-21(30)20(29)19(14-28)32-22/h1-2,5-9,12,19-22,27-30H,3-4,10-11,13-14H2,(H,24,25)/t19-,20-,21-,22-/m1/s1. The largest absolute Gasteiger partial charge is 0.494 e. The summed E-state index contributed by atoms with van der Waals surface area (Å²) in [6.45, 7) is 0.753. The van der Waals surface area contributed by atoms with Crippen LogP contribution in [0.15, 0.2) is 48.5 Å². The summed E-state index contributed by atoms with van der Waals surface area (Å²) in [5.41, 5.74) is 2.43. The zero-order valence-corrected chi connectivity index (χ0v) is 17.7. The summed E-state index contributed by atoms with van der Waals surface area (Å²) in [4.78, 5) is 4.64. The number of benzene rings is 2. The first-order valence-electron chi connectivity index (χ1n) is 10.8. The molecule has 1 saturated heterocycles.